The van der Waals surface area contributed by atoms with Gasteiger partial charge in [-0.05, 0) is 55.6 Å². The normalized spacial score (nSPS) is 16.6. The van der Waals surface area contributed by atoms with Gasteiger partial charge in [0.25, 0.3) is 0 Å². The number of aromatic amines is 1. The number of anilines is 1. The van der Waals surface area contributed by atoms with Crippen LogP contribution < -0.4 is 4.90 Å². The van der Waals surface area contributed by atoms with Crippen molar-refractivity contribution in [2.45, 2.75) is 45.2 Å². The summed E-state index contributed by atoms with van der Waals surface area (Å²) in [5.41, 5.74) is 0.622. The second kappa shape index (κ2) is 6.27. The molecule has 1 saturated heterocycles. The standard InChI is InChI=1S/C17H23BrN4O2/c1-17(2,3)22(16(23)24)11-4-6-21(7-5-11)15-8-12-13(18)9-19-14(12)10-20-15/h8-11,19H,4-7H2,1-3H3,(H,23,24). The van der Waals surface area contributed by atoms with Crippen molar-refractivity contribution in [3.05, 3.63) is 22.9 Å². The van der Waals surface area contributed by atoms with Gasteiger partial charge in [0.1, 0.15) is 5.82 Å². The molecule has 3 heterocycles. The minimum Gasteiger partial charge on any atom is -0.465 e. The Morgan fingerprint density at radius 1 is 1.42 bits per heavy atom. The molecule has 1 amide bonds. The van der Waals surface area contributed by atoms with Crippen LogP contribution in [-0.4, -0.2) is 50.7 Å². The Morgan fingerprint density at radius 2 is 2.08 bits per heavy atom. The van der Waals surface area contributed by atoms with E-state index in [0.717, 1.165) is 47.1 Å². The van der Waals surface area contributed by atoms with E-state index < -0.39 is 6.09 Å². The van der Waals surface area contributed by atoms with E-state index >= 15 is 0 Å². The van der Waals surface area contributed by atoms with Crippen LogP contribution in [-0.2, 0) is 0 Å². The van der Waals surface area contributed by atoms with E-state index in [0.29, 0.717) is 0 Å². The van der Waals surface area contributed by atoms with Crippen LogP contribution in [0.3, 0.4) is 0 Å². The van der Waals surface area contributed by atoms with Crippen molar-refractivity contribution < 1.29 is 9.90 Å². The van der Waals surface area contributed by atoms with Crippen molar-refractivity contribution in [1.29, 1.82) is 0 Å². The third-order valence-corrected chi connectivity index (χ3v) is 5.24. The van der Waals surface area contributed by atoms with Gasteiger partial charge in [0.2, 0.25) is 0 Å². The first kappa shape index (κ1) is 17.1. The van der Waals surface area contributed by atoms with Gasteiger partial charge in [0, 0.05) is 40.7 Å². The molecule has 0 aliphatic carbocycles. The Morgan fingerprint density at radius 3 is 2.67 bits per heavy atom. The maximum atomic E-state index is 11.6. The van der Waals surface area contributed by atoms with Gasteiger partial charge >= 0.3 is 6.09 Å². The molecule has 0 unspecified atom stereocenters. The van der Waals surface area contributed by atoms with E-state index in [9.17, 15) is 9.90 Å². The van der Waals surface area contributed by atoms with Gasteiger partial charge in [-0.2, -0.15) is 0 Å². The number of fused-ring (bicyclic) bond motifs is 1. The summed E-state index contributed by atoms with van der Waals surface area (Å²) in [6.45, 7) is 7.47. The van der Waals surface area contributed by atoms with Gasteiger partial charge in [0.15, 0.2) is 0 Å². The average molecular weight is 395 g/mol. The van der Waals surface area contributed by atoms with Crippen LogP contribution in [0.1, 0.15) is 33.6 Å². The number of nitrogens with one attached hydrogen (secondary N) is 1. The number of piperidine rings is 1. The van der Waals surface area contributed by atoms with Gasteiger partial charge in [-0.3, -0.25) is 0 Å². The number of amides is 1. The molecule has 0 spiro atoms. The predicted molar refractivity (Wildman–Crippen MR) is 98.6 cm³/mol. The second-order valence-corrected chi connectivity index (χ2v) is 8.12. The Hall–Kier alpha value is -1.76. The van der Waals surface area contributed by atoms with Crippen molar-refractivity contribution in [3.63, 3.8) is 0 Å². The van der Waals surface area contributed by atoms with E-state index in [4.69, 9.17) is 0 Å². The van der Waals surface area contributed by atoms with Crippen LogP contribution >= 0.6 is 15.9 Å². The summed E-state index contributed by atoms with van der Waals surface area (Å²) in [5, 5.41) is 10.7. The van der Waals surface area contributed by atoms with Crippen LogP contribution in [0.4, 0.5) is 10.6 Å². The monoisotopic (exact) mass is 394 g/mol. The minimum atomic E-state index is -0.836. The molecule has 0 saturated carbocycles. The molecular weight excluding hydrogens is 372 g/mol. The molecule has 1 aliphatic heterocycles. The summed E-state index contributed by atoms with van der Waals surface area (Å²) in [6, 6.07) is 2.14. The predicted octanol–water partition coefficient (Wildman–Crippen LogP) is 4.07. The maximum Gasteiger partial charge on any atom is 0.407 e. The molecule has 7 heteroatoms. The highest BCUT2D eigenvalue weighted by Crippen LogP contribution is 2.29. The number of hydrogen-bond acceptors (Lipinski definition) is 3. The number of aromatic nitrogens is 2. The molecule has 2 aromatic rings. The van der Waals surface area contributed by atoms with Gasteiger partial charge in [0.05, 0.1) is 11.7 Å². The smallest absolute Gasteiger partial charge is 0.407 e. The first-order chi connectivity index (χ1) is 11.3. The fourth-order valence-corrected chi connectivity index (χ4v) is 3.94. The first-order valence-electron chi connectivity index (χ1n) is 8.17. The molecule has 6 nitrogen and oxygen atoms in total. The molecule has 24 heavy (non-hydrogen) atoms. The number of H-pyrrole nitrogens is 1. The topological polar surface area (TPSA) is 72.5 Å². The highest BCUT2D eigenvalue weighted by Gasteiger charge is 2.35. The molecule has 0 radical (unpaired) electrons. The molecule has 0 bridgehead atoms. The lowest BCUT2D eigenvalue weighted by atomic mass is 9.97. The maximum absolute atomic E-state index is 11.6. The van der Waals surface area contributed by atoms with E-state index in [1.165, 1.54) is 0 Å². The number of pyridine rings is 1. The quantitative estimate of drug-likeness (QED) is 0.804. The van der Waals surface area contributed by atoms with Crippen LogP contribution in [0.25, 0.3) is 10.9 Å². The van der Waals surface area contributed by atoms with Crippen molar-refractivity contribution in [2.24, 2.45) is 0 Å². The lowest BCUT2D eigenvalue weighted by Crippen LogP contribution is -2.54. The molecule has 1 aliphatic rings. The Balaban J connectivity index is 1.74. The van der Waals surface area contributed by atoms with Gasteiger partial charge in [-0.15, -0.1) is 0 Å². The first-order valence-corrected chi connectivity index (χ1v) is 8.96. The third kappa shape index (κ3) is 3.22. The minimum absolute atomic E-state index is 0.0569. The SMILES string of the molecule is CC(C)(C)N(C(=O)O)C1CCN(c2cc3c(Br)c[nH]c3cn2)CC1. The molecular formula is C17H23BrN4O2. The molecule has 1 fully saturated rings. The lowest BCUT2D eigenvalue weighted by Gasteiger charge is -2.43. The van der Waals surface area contributed by atoms with Crippen molar-refractivity contribution >= 4 is 38.7 Å². The second-order valence-electron chi connectivity index (χ2n) is 7.27. The number of nitrogens with zero attached hydrogens (tertiary/aromatic N) is 3. The Labute approximate surface area is 150 Å². The number of carbonyl (C=O) groups is 1. The van der Waals surface area contributed by atoms with Crippen LogP contribution in [0.5, 0.6) is 0 Å². The van der Waals surface area contributed by atoms with Crippen molar-refractivity contribution in [1.82, 2.24) is 14.9 Å². The van der Waals surface area contributed by atoms with Crippen LogP contribution in [0, 0.1) is 0 Å². The molecule has 2 N–H and O–H groups in total. The summed E-state index contributed by atoms with van der Waals surface area (Å²) in [6.07, 6.45) is 4.56. The fourth-order valence-electron chi connectivity index (χ4n) is 3.49. The zero-order valence-corrected chi connectivity index (χ0v) is 15.8. The summed E-state index contributed by atoms with van der Waals surface area (Å²) in [5.74, 6) is 0.943. The fraction of sp³-hybridized carbons (Fsp3) is 0.529. The summed E-state index contributed by atoms with van der Waals surface area (Å²) in [7, 11) is 0. The number of hydrogen-bond donors (Lipinski definition) is 2. The molecule has 0 atom stereocenters. The van der Waals surface area contributed by atoms with Crippen LogP contribution in [0.15, 0.2) is 22.9 Å². The molecule has 3 rings (SSSR count). The summed E-state index contributed by atoms with van der Waals surface area (Å²) >= 11 is 3.54. The van der Waals surface area contributed by atoms with E-state index in [1.807, 2.05) is 33.2 Å². The number of halogens is 1. The highest BCUT2D eigenvalue weighted by atomic mass is 79.9. The number of rotatable bonds is 2. The molecule has 0 aromatic carbocycles. The third-order valence-electron chi connectivity index (χ3n) is 4.58. The Kier molecular flexibility index (Phi) is 4.46. The largest absolute Gasteiger partial charge is 0.465 e. The van der Waals surface area contributed by atoms with Crippen LogP contribution in [0.2, 0.25) is 0 Å². The summed E-state index contributed by atoms with van der Waals surface area (Å²) in [4.78, 5) is 23.2. The van der Waals surface area contributed by atoms with E-state index in [2.05, 4.69) is 36.9 Å². The van der Waals surface area contributed by atoms with Crippen molar-refractivity contribution in [3.8, 4) is 0 Å². The molecule has 130 valence electrons. The average Bonchev–Trinajstić information content (AvgIpc) is 2.87. The van der Waals surface area contributed by atoms with Gasteiger partial charge in [-0.1, -0.05) is 0 Å². The van der Waals surface area contributed by atoms with E-state index in [-0.39, 0.29) is 11.6 Å². The lowest BCUT2D eigenvalue weighted by molar-refractivity contribution is 0.0616. The summed E-state index contributed by atoms with van der Waals surface area (Å²) < 4.78 is 1.03. The van der Waals surface area contributed by atoms with Gasteiger partial charge < -0.3 is 19.9 Å². The van der Waals surface area contributed by atoms with Gasteiger partial charge in [-0.25, -0.2) is 9.78 Å². The highest BCUT2D eigenvalue weighted by molar-refractivity contribution is 9.10. The zero-order valence-electron chi connectivity index (χ0n) is 14.2. The zero-order chi connectivity index (χ0) is 17.5. The van der Waals surface area contributed by atoms with E-state index in [1.54, 1.807) is 4.90 Å². The number of carboxylic acid groups (broad SMARTS) is 1. The Bertz CT molecular complexity index is 745. The molecule has 2 aromatic heterocycles. The van der Waals surface area contributed by atoms with Crippen molar-refractivity contribution in [2.75, 3.05) is 18.0 Å².